The highest BCUT2D eigenvalue weighted by molar-refractivity contribution is 5.72. The Morgan fingerprint density at radius 3 is 2.70 bits per heavy atom. The van der Waals surface area contributed by atoms with Crippen molar-refractivity contribution in [1.29, 1.82) is 0 Å². The van der Waals surface area contributed by atoms with Gasteiger partial charge in [-0.3, -0.25) is 0 Å². The molecule has 0 fully saturated rings. The highest BCUT2D eigenvalue weighted by Gasteiger charge is 2.45. The van der Waals surface area contributed by atoms with Crippen LogP contribution in [0.15, 0.2) is 54.1 Å². The smallest absolute Gasteiger partial charge is 0.412 e. The van der Waals surface area contributed by atoms with Crippen molar-refractivity contribution in [2.24, 2.45) is 5.92 Å². The number of ether oxygens (including phenoxy) is 2. The van der Waals surface area contributed by atoms with Crippen LogP contribution in [-0.2, 0) is 17.8 Å². The second-order valence-corrected chi connectivity index (χ2v) is 10.5. The van der Waals surface area contributed by atoms with E-state index in [4.69, 9.17) is 9.47 Å². The zero-order valence-corrected chi connectivity index (χ0v) is 21.8. The summed E-state index contributed by atoms with van der Waals surface area (Å²) in [5.74, 6) is 1.69. The van der Waals surface area contributed by atoms with E-state index in [-0.39, 0.29) is 24.0 Å². The van der Waals surface area contributed by atoms with Crippen molar-refractivity contribution in [2.45, 2.75) is 77.4 Å². The molecule has 8 heteroatoms. The molecule has 2 atom stereocenters. The van der Waals surface area contributed by atoms with Gasteiger partial charge in [0.1, 0.15) is 17.1 Å². The average molecular weight is 509 g/mol. The van der Waals surface area contributed by atoms with Crippen LogP contribution in [0, 0.1) is 16.0 Å². The van der Waals surface area contributed by atoms with Crippen LogP contribution in [0.2, 0.25) is 0 Å². The van der Waals surface area contributed by atoms with Gasteiger partial charge >= 0.3 is 6.09 Å². The molecule has 0 saturated heterocycles. The van der Waals surface area contributed by atoms with Crippen LogP contribution in [0.3, 0.4) is 0 Å². The molecule has 198 valence electrons. The van der Waals surface area contributed by atoms with E-state index in [0.29, 0.717) is 18.7 Å². The van der Waals surface area contributed by atoms with Gasteiger partial charge in [-0.1, -0.05) is 48.4 Å². The number of unbranched alkanes of at least 4 members (excludes halogenated alkanes) is 2. The maximum atomic E-state index is 12.9. The highest BCUT2D eigenvalue weighted by atomic mass is 16.9. The number of carbonyl (C=O) groups is 1. The lowest BCUT2D eigenvalue weighted by Crippen LogP contribution is -2.45. The number of nitrogens with zero attached hydrogens (tertiary/aromatic N) is 1. The molecule has 37 heavy (non-hydrogen) atoms. The third kappa shape index (κ3) is 6.81. The van der Waals surface area contributed by atoms with Gasteiger partial charge < -0.3 is 19.6 Å². The molecule has 1 aliphatic carbocycles. The van der Waals surface area contributed by atoms with Crippen LogP contribution in [0.4, 0.5) is 4.79 Å². The van der Waals surface area contributed by atoms with Crippen molar-refractivity contribution >= 4 is 6.09 Å². The van der Waals surface area contributed by atoms with Gasteiger partial charge in [0.05, 0.1) is 6.61 Å². The third-order valence-electron chi connectivity index (χ3n) is 7.30. The monoisotopic (exact) mass is 508 g/mol. The molecule has 1 N–H and O–H groups in total. The molecule has 1 amide bonds. The lowest BCUT2D eigenvalue weighted by atomic mass is 9.68. The van der Waals surface area contributed by atoms with Crippen LogP contribution in [-0.4, -0.2) is 23.4 Å². The first-order chi connectivity index (χ1) is 17.7. The molecule has 1 aliphatic heterocycles. The normalized spacial score (nSPS) is 19.5. The number of amides is 1. The number of fused-ring (bicyclic) bond motifs is 3. The molecule has 2 aromatic carbocycles. The molecule has 0 saturated carbocycles. The number of carbonyl (C=O) groups excluding carboxylic acids is 1. The first kappa shape index (κ1) is 26.5. The van der Waals surface area contributed by atoms with Crippen molar-refractivity contribution in [2.75, 3.05) is 6.61 Å². The van der Waals surface area contributed by atoms with Gasteiger partial charge in [0.15, 0.2) is 0 Å². The van der Waals surface area contributed by atoms with E-state index in [1.54, 1.807) is 0 Å². The van der Waals surface area contributed by atoms with Gasteiger partial charge in [-0.15, -0.1) is 10.1 Å². The summed E-state index contributed by atoms with van der Waals surface area (Å²) in [7, 11) is 0. The molecule has 2 aromatic rings. The minimum atomic E-state index is -0.760. The number of hydrogen-bond acceptors (Lipinski definition) is 6. The Balaban J connectivity index is 1.55. The molecule has 2 unspecified atom stereocenters. The maximum absolute atomic E-state index is 12.9. The minimum Gasteiger partial charge on any atom is -0.487 e. The lowest BCUT2D eigenvalue weighted by Gasteiger charge is -2.46. The first-order valence-corrected chi connectivity index (χ1v) is 13.0. The molecule has 0 aromatic heterocycles. The lowest BCUT2D eigenvalue weighted by molar-refractivity contribution is -0.757. The van der Waals surface area contributed by atoms with Gasteiger partial charge in [0.2, 0.25) is 0 Å². The van der Waals surface area contributed by atoms with Crippen molar-refractivity contribution in [3.63, 3.8) is 0 Å². The topological polar surface area (TPSA) is 99.9 Å². The van der Waals surface area contributed by atoms with E-state index in [0.717, 1.165) is 54.5 Å². The minimum absolute atomic E-state index is 0.0964. The van der Waals surface area contributed by atoms with Crippen LogP contribution in [0.1, 0.15) is 75.5 Å². The second kappa shape index (κ2) is 11.7. The molecule has 8 nitrogen and oxygen atoms in total. The van der Waals surface area contributed by atoms with Crippen molar-refractivity contribution < 1.29 is 24.2 Å². The quantitative estimate of drug-likeness (QED) is 0.170. The maximum Gasteiger partial charge on any atom is 0.412 e. The van der Waals surface area contributed by atoms with E-state index in [2.05, 4.69) is 43.1 Å². The number of aryl methyl sites for hydroxylation is 1. The summed E-state index contributed by atoms with van der Waals surface area (Å²) in [6.07, 6.45) is 6.82. The van der Waals surface area contributed by atoms with Crippen molar-refractivity contribution in [3.8, 4) is 11.5 Å². The fourth-order valence-corrected chi connectivity index (χ4v) is 5.44. The SMILES string of the molecule is CC1=CC2c3c(OC(=O)NCc4ccccc4)cc(CCCCCO[N+](=O)[O-])cc3OC(C)(C)C2CC1. The van der Waals surface area contributed by atoms with Crippen molar-refractivity contribution in [1.82, 2.24) is 5.32 Å². The molecule has 4 rings (SSSR count). The van der Waals surface area contributed by atoms with Crippen LogP contribution < -0.4 is 14.8 Å². The Morgan fingerprint density at radius 2 is 1.95 bits per heavy atom. The second-order valence-electron chi connectivity index (χ2n) is 10.5. The van der Waals surface area contributed by atoms with Crippen molar-refractivity contribution in [3.05, 3.63) is 80.9 Å². The predicted octanol–water partition coefficient (Wildman–Crippen LogP) is 6.51. The number of nitrogens with one attached hydrogen (secondary N) is 1. The number of rotatable bonds is 10. The number of allylic oxidation sites excluding steroid dienone is 2. The van der Waals surface area contributed by atoms with E-state index in [1.807, 2.05) is 36.4 Å². The largest absolute Gasteiger partial charge is 0.487 e. The Morgan fingerprint density at radius 1 is 1.16 bits per heavy atom. The molecule has 1 heterocycles. The molecule has 0 bridgehead atoms. The summed E-state index contributed by atoms with van der Waals surface area (Å²) in [6.45, 7) is 6.90. The summed E-state index contributed by atoms with van der Waals surface area (Å²) >= 11 is 0. The molecule has 0 spiro atoms. The zero-order chi connectivity index (χ0) is 26.4. The van der Waals surface area contributed by atoms with E-state index >= 15 is 0 Å². The molecule has 2 aliphatic rings. The van der Waals surface area contributed by atoms with Gasteiger partial charge in [-0.05, 0) is 76.1 Å². The van der Waals surface area contributed by atoms with E-state index in [1.165, 1.54) is 5.57 Å². The average Bonchev–Trinajstić information content (AvgIpc) is 2.84. The van der Waals surface area contributed by atoms with E-state index in [9.17, 15) is 14.9 Å². The van der Waals surface area contributed by atoms with E-state index < -0.39 is 11.2 Å². The fourth-order valence-electron chi connectivity index (χ4n) is 5.44. The van der Waals surface area contributed by atoms with Crippen LogP contribution >= 0.6 is 0 Å². The Hall–Kier alpha value is -3.55. The molecule has 0 radical (unpaired) electrons. The van der Waals surface area contributed by atoms with Gasteiger partial charge in [0, 0.05) is 23.9 Å². The van der Waals surface area contributed by atoms with Gasteiger partial charge in [-0.25, -0.2) is 4.79 Å². The van der Waals surface area contributed by atoms with Gasteiger partial charge in [0.25, 0.3) is 5.09 Å². The number of benzene rings is 2. The van der Waals surface area contributed by atoms with Crippen LogP contribution in [0.25, 0.3) is 0 Å². The molecular formula is C29H36N2O6. The Labute approximate surface area is 218 Å². The Kier molecular flexibility index (Phi) is 8.36. The third-order valence-corrected chi connectivity index (χ3v) is 7.30. The number of hydrogen-bond donors (Lipinski definition) is 1. The fraction of sp³-hybridized carbons (Fsp3) is 0.483. The first-order valence-electron chi connectivity index (χ1n) is 13.0. The standard InChI is InChI=1S/C29H36N2O6/c1-20-13-14-24-23(16-20)27-25(36-28(32)30-19-21-10-6-4-7-11-21)17-22(18-26(27)37-29(24,2)3)12-8-5-9-15-35-31(33)34/h4,6-7,10-11,16-18,23-24H,5,8-9,12-15,19H2,1-3H3,(H,30,32). The summed E-state index contributed by atoms with van der Waals surface area (Å²) < 4.78 is 12.5. The predicted molar refractivity (Wildman–Crippen MR) is 140 cm³/mol. The Bertz CT molecular complexity index is 1140. The summed E-state index contributed by atoms with van der Waals surface area (Å²) in [6, 6.07) is 13.7. The van der Waals surface area contributed by atoms with Gasteiger partial charge in [-0.2, -0.15) is 0 Å². The molecular weight excluding hydrogens is 472 g/mol. The summed E-state index contributed by atoms with van der Waals surface area (Å²) in [5, 5.41) is 12.4. The highest BCUT2D eigenvalue weighted by Crippen LogP contribution is 2.53. The summed E-state index contributed by atoms with van der Waals surface area (Å²) in [4.78, 5) is 27.6. The zero-order valence-electron chi connectivity index (χ0n) is 21.8. The van der Waals surface area contributed by atoms with Crippen LogP contribution in [0.5, 0.6) is 11.5 Å². The summed E-state index contributed by atoms with van der Waals surface area (Å²) in [5.41, 5.74) is 3.92.